The van der Waals surface area contributed by atoms with Crippen molar-refractivity contribution in [1.82, 2.24) is 15.2 Å². The van der Waals surface area contributed by atoms with E-state index in [0.717, 1.165) is 31.1 Å². The number of aromatic nitrogens is 1. The molecule has 2 N–H and O–H groups in total. The van der Waals surface area contributed by atoms with Gasteiger partial charge in [-0.05, 0) is 43.0 Å². The van der Waals surface area contributed by atoms with Crippen LogP contribution in [0.4, 0.5) is 5.13 Å². The average molecular weight is 387 g/mol. The normalized spacial score (nSPS) is 15.5. The molecule has 7 heteroatoms. The van der Waals surface area contributed by atoms with Crippen LogP contribution in [0.15, 0.2) is 29.6 Å². The number of nitrogens with zero attached hydrogens (tertiary/aromatic N) is 2. The molecule has 2 heterocycles. The smallest absolute Gasteiger partial charge is 0.271 e. The topological polar surface area (TPSA) is 74.3 Å². The third-order valence-electron chi connectivity index (χ3n) is 4.75. The molecule has 1 aromatic carbocycles. The van der Waals surface area contributed by atoms with Crippen LogP contribution in [0.3, 0.4) is 0 Å². The zero-order valence-corrected chi connectivity index (χ0v) is 16.6. The molecule has 0 saturated carbocycles. The van der Waals surface area contributed by atoms with Crippen LogP contribution >= 0.6 is 11.3 Å². The molecule has 0 unspecified atom stereocenters. The van der Waals surface area contributed by atoms with Crippen molar-refractivity contribution < 1.29 is 9.59 Å². The molecular formula is C20H26N4O2S. The Labute approximate surface area is 164 Å². The Kier molecular flexibility index (Phi) is 6.58. The number of rotatable bonds is 6. The van der Waals surface area contributed by atoms with Crippen molar-refractivity contribution in [1.29, 1.82) is 0 Å². The van der Waals surface area contributed by atoms with Crippen LogP contribution < -0.4 is 10.6 Å². The Bertz CT molecular complexity index is 797. The Morgan fingerprint density at radius 2 is 2.00 bits per heavy atom. The van der Waals surface area contributed by atoms with Crippen molar-refractivity contribution in [2.45, 2.75) is 39.8 Å². The Morgan fingerprint density at radius 3 is 2.74 bits per heavy atom. The van der Waals surface area contributed by atoms with Gasteiger partial charge in [-0.25, -0.2) is 4.98 Å². The Balaban J connectivity index is 1.52. The van der Waals surface area contributed by atoms with E-state index in [1.54, 1.807) is 5.38 Å². The first-order valence-corrected chi connectivity index (χ1v) is 10.2. The number of piperidine rings is 1. The highest BCUT2D eigenvalue weighted by molar-refractivity contribution is 7.14. The molecule has 1 aromatic heterocycles. The van der Waals surface area contributed by atoms with Gasteiger partial charge in [0.1, 0.15) is 5.69 Å². The van der Waals surface area contributed by atoms with Crippen LogP contribution in [0.5, 0.6) is 0 Å². The number of anilines is 1. The molecule has 144 valence electrons. The molecule has 2 aromatic rings. The number of carbonyl (C=O) groups is 2. The lowest BCUT2D eigenvalue weighted by atomic mass is 9.98. The first kappa shape index (κ1) is 19.5. The van der Waals surface area contributed by atoms with E-state index in [-0.39, 0.29) is 11.8 Å². The largest absolute Gasteiger partial charge is 0.347 e. The van der Waals surface area contributed by atoms with Gasteiger partial charge in [-0.1, -0.05) is 31.2 Å². The third-order valence-corrected chi connectivity index (χ3v) is 5.50. The number of hydrogen-bond acceptors (Lipinski definition) is 5. The molecule has 6 nitrogen and oxygen atoms in total. The Hall–Kier alpha value is -2.25. The fraction of sp³-hybridized carbons (Fsp3) is 0.450. The predicted octanol–water partition coefficient (Wildman–Crippen LogP) is 3.26. The molecule has 1 aliphatic heterocycles. The van der Waals surface area contributed by atoms with Gasteiger partial charge in [0.15, 0.2) is 5.13 Å². The van der Waals surface area contributed by atoms with E-state index >= 15 is 0 Å². The van der Waals surface area contributed by atoms with Crippen LogP contribution in [-0.2, 0) is 17.9 Å². The molecule has 0 radical (unpaired) electrons. The van der Waals surface area contributed by atoms with Crippen molar-refractivity contribution in [3.8, 4) is 0 Å². The molecule has 0 bridgehead atoms. The summed E-state index contributed by atoms with van der Waals surface area (Å²) in [5.74, 6) is 0.397. The first-order chi connectivity index (χ1) is 13.0. The fourth-order valence-electron chi connectivity index (χ4n) is 3.18. The highest BCUT2D eigenvalue weighted by Crippen LogP contribution is 2.19. The van der Waals surface area contributed by atoms with Gasteiger partial charge in [0.05, 0.1) is 0 Å². The zero-order valence-electron chi connectivity index (χ0n) is 15.8. The zero-order chi connectivity index (χ0) is 19.2. The van der Waals surface area contributed by atoms with Crippen molar-refractivity contribution >= 4 is 28.3 Å². The first-order valence-electron chi connectivity index (χ1n) is 9.31. The van der Waals surface area contributed by atoms with Gasteiger partial charge < -0.3 is 10.6 Å². The number of thiazole rings is 1. The standard InChI is InChI=1S/C20H26N4O2S/c1-14-6-8-24(9-7-14)12-17-5-3-4-16(10-17)11-21-19(26)18-13-27-20(23-18)22-15(2)25/h3-5,10,13-14H,6-9,11-12H2,1-2H3,(H,21,26)(H,22,23,25). The van der Waals surface area contributed by atoms with Gasteiger partial charge in [0.2, 0.25) is 5.91 Å². The quantitative estimate of drug-likeness (QED) is 0.799. The van der Waals surface area contributed by atoms with E-state index in [0.29, 0.717) is 17.4 Å². The van der Waals surface area contributed by atoms with E-state index in [1.165, 1.54) is 36.7 Å². The minimum atomic E-state index is -0.238. The Morgan fingerprint density at radius 1 is 1.26 bits per heavy atom. The summed E-state index contributed by atoms with van der Waals surface area (Å²) >= 11 is 1.24. The summed E-state index contributed by atoms with van der Waals surface area (Å²) in [5.41, 5.74) is 2.67. The second-order valence-electron chi connectivity index (χ2n) is 7.18. The van der Waals surface area contributed by atoms with Crippen LogP contribution in [0.2, 0.25) is 0 Å². The lowest BCUT2D eigenvalue weighted by molar-refractivity contribution is -0.114. The number of likely N-dealkylation sites (tertiary alicyclic amines) is 1. The van der Waals surface area contributed by atoms with E-state index in [2.05, 4.69) is 39.6 Å². The lowest BCUT2D eigenvalue weighted by Crippen LogP contribution is -2.32. The van der Waals surface area contributed by atoms with E-state index in [4.69, 9.17) is 0 Å². The minimum absolute atomic E-state index is 0.198. The molecule has 1 saturated heterocycles. The summed E-state index contributed by atoms with van der Waals surface area (Å²) in [7, 11) is 0. The second-order valence-corrected chi connectivity index (χ2v) is 8.04. The van der Waals surface area contributed by atoms with Gasteiger partial charge in [-0.15, -0.1) is 11.3 Å². The third kappa shape index (κ3) is 5.87. The van der Waals surface area contributed by atoms with Gasteiger partial charge in [-0.2, -0.15) is 0 Å². The summed E-state index contributed by atoms with van der Waals surface area (Å²) in [6.07, 6.45) is 2.54. The second kappa shape index (κ2) is 9.10. The number of amides is 2. The van der Waals surface area contributed by atoms with Crippen molar-refractivity contribution in [2.75, 3.05) is 18.4 Å². The maximum Gasteiger partial charge on any atom is 0.271 e. The molecule has 2 amide bonds. The fourth-order valence-corrected chi connectivity index (χ4v) is 3.91. The number of carbonyl (C=O) groups excluding carboxylic acids is 2. The number of hydrogen-bond donors (Lipinski definition) is 2. The molecule has 0 spiro atoms. The molecule has 3 rings (SSSR count). The SMILES string of the molecule is CC(=O)Nc1nc(C(=O)NCc2cccc(CN3CCC(C)CC3)c2)cs1. The highest BCUT2D eigenvalue weighted by Gasteiger charge is 2.16. The molecule has 0 aliphatic carbocycles. The predicted molar refractivity (Wildman–Crippen MR) is 108 cm³/mol. The minimum Gasteiger partial charge on any atom is -0.347 e. The van der Waals surface area contributed by atoms with Gasteiger partial charge in [0, 0.05) is 25.4 Å². The molecule has 1 fully saturated rings. The summed E-state index contributed by atoms with van der Waals surface area (Å²) in [6.45, 7) is 7.46. The van der Waals surface area contributed by atoms with Crippen LogP contribution in [0, 0.1) is 5.92 Å². The lowest BCUT2D eigenvalue weighted by Gasteiger charge is -2.30. The summed E-state index contributed by atoms with van der Waals surface area (Å²) < 4.78 is 0. The van der Waals surface area contributed by atoms with Gasteiger partial charge in [-0.3, -0.25) is 14.5 Å². The van der Waals surface area contributed by atoms with Crippen molar-refractivity contribution in [3.63, 3.8) is 0 Å². The number of nitrogens with one attached hydrogen (secondary N) is 2. The highest BCUT2D eigenvalue weighted by atomic mass is 32.1. The molecule has 1 aliphatic rings. The monoisotopic (exact) mass is 386 g/mol. The maximum atomic E-state index is 12.3. The van der Waals surface area contributed by atoms with E-state index in [1.807, 2.05) is 12.1 Å². The molecule has 27 heavy (non-hydrogen) atoms. The van der Waals surface area contributed by atoms with E-state index in [9.17, 15) is 9.59 Å². The van der Waals surface area contributed by atoms with Crippen molar-refractivity contribution in [2.24, 2.45) is 5.92 Å². The summed E-state index contributed by atoms with van der Waals surface area (Å²) in [4.78, 5) is 29.9. The van der Waals surface area contributed by atoms with Crippen LogP contribution in [0.1, 0.15) is 48.3 Å². The number of benzene rings is 1. The summed E-state index contributed by atoms with van der Waals surface area (Å²) in [5, 5.41) is 7.57. The van der Waals surface area contributed by atoms with Gasteiger partial charge in [0.25, 0.3) is 5.91 Å². The molecule has 0 atom stereocenters. The maximum absolute atomic E-state index is 12.3. The summed E-state index contributed by atoms with van der Waals surface area (Å²) in [6, 6.07) is 8.36. The average Bonchev–Trinajstić information content (AvgIpc) is 3.10. The van der Waals surface area contributed by atoms with Gasteiger partial charge >= 0.3 is 0 Å². The van der Waals surface area contributed by atoms with Crippen LogP contribution in [-0.4, -0.2) is 34.8 Å². The van der Waals surface area contributed by atoms with E-state index < -0.39 is 0 Å². The van der Waals surface area contributed by atoms with Crippen LogP contribution in [0.25, 0.3) is 0 Å². The molecular weight excluding hydrogens is 360 g/mol. The van der Waals surface area contributed by atoms with Crippen molar-refractivity contribution in [3.05, 3.63) is 46.5 Å².